The Labute approximate surface area is 520 Å². The van der Waals surface area contributed by atoms with E-state index in [4.69, 9.17) is 4.42 Å². The van der Waals surface area contributed by atoms with Gasteiger partial charge in [-0.25, -0.2) is 4.39 Å². The summed E-state index contributed by atoms with van der Waals surface area (Å²) in [5.41, 5.74) is 2.31. The molecule has 1 aromatic carbocycles. The second-order valence-corrected chi connectivity index (χ2v) is 19.7. The molecular weight excluding hydrogens is 1350 g/mol. The topological polar surface area (TPSA) is 51.0 Å². The molecule has 4 radical (unpaired) electrons. The molecule has 1 N–H and O–H groups in total. The maximum atomic E-state index is 14.2. The molecule has 79 heteroatoms. The Bertz CT molecular complexity index is 2340. The lowest BCUT2D eigenvalue weighted by atomic mass is 8.74. The zero-order chi connectivity index (χ0) is 72.1. The first kappa shape index (κ1) is 88.8. The molecule has 93 heavy (non-hydrogen) atoms. The molecule has 0 spiro atoms. The van der Waals surface area contributed by atoms with Crippen LogP contribution in [0, 0.1) is 12.7 Å². The summed E-state index contributed by atoms with van der Waals surface area (Å²) >= 11 is 0. The van der Waals surface area contributed by atoms with Gasteiger partial charge in [-0.1, -0.05) is 12.1 Å². The third-order valence-electron chi connectivity index (χ3n) is 13.1. The van der Waals surface area contributed by atoms with Crippen molar-refractivity contribution in [2.45, 2.75) is 13.3 Å². The van der Waals surface area contributed by atoms with Crippen LogP contribution >= 0.6 is 0 Å². The van der Waals surface area contributed by atoms with Gasteiger partial charge in [0.25, 0.3) is 0 Å². The number of hydrogen-bond donors (Lipinski definition) is 1. The summed E-state index contributed by atoms with van der Waals surface area (Å²) in [6.45, 7) is -133. The minimum absolute atomic E-state index is 0.249. The lowest BCUT2D eigenvalue weighted by Crippen LogP contribution is -2.68. The molecule has 0 fully saturated rings. The van der Waals surface area contributed by atoms with Gasteiger partial charge in [0.15, 0.2) is 0 Å². The van der Waals surface area contributed by atoms with Gasteiger partial charge < -0.3 is 169 Å². The maximum Gasteiger partial charge on any atom is 0.350 e. The van der Waals surface area contributed by atoms with Gasteiger partial charge in [-0.05, 0) is 30.7 Å². The highest BCUT2D eigenvalue weighted by atomic mass is 19.2. The number of aryl methyl sites for hydroxylation is 1. The van der Waals surface area contributed by atoms with E-state index in [2.05, 4.69) is 15.5 Å². The Morgan fingerprint density at radius 3 is 0.742 bits per heavy atom. The third-order valence-corrected chi connectivity index (χ3v) is 13.1. The summed E-state index contributed by atoms with van der Waals surface area (Å²) in [7, 11) is -4.71. The summed E-state index contributed by atoms with van der Waals surface area (Å²) in [5.74, 6) is 0.573. The summed E-state index contributed by atoms with van der Waals surface area (Å²) in [6.07, 6.45) is 2.87. The Kier molecular flexibility index (Phi) is 40.1. The van der Waals surface area contributed by atoms with Crippen LogP contribution in [-0.2, 0) is 0 Å². The molecule has 0 saturated carbocycles. The molecule has 0 bridgehead atoms. The molecule has 1 aliphatic rings. The van der Waals surface area contributed by atoms with Crippen LogP contribution in [0.15, 0.2) is 28.7 Å². The van der Waals surface area contributed by atoms with Crippen LogP contribution in [0.3, 0.4) is 0 Å². The van der Waals surface area contributed by atoms with Gasteiger partial charge in [0.05, 0.1) is 0 Å². The molecule has 468 valence electrons. The highest BCUT2D eigenvalue weighted by molar-refractivity contribution is 7.91. The molecule has 1 aliphatic heterocycles. The van der Waals surface area contributed by atoms with E-state index >= 15 is 0 Å². The Hall–Kier alpha value is -2.20. The predicted molar refractivity (Wildman–Crippen MR) is 324 cm³/mol. The average Bonchev–Trinajstić information content (AvgIpc) is 1.80. The van der Waals surface area contributed by atoms with Crippen LogP contribution in [0.5, 0.6) is 0 Å². The number of nitrogens with zero attached hydrogens (tertiary/aromatic N) is 2. The van der Waals surface area contributed by atoms with Crippen LogP contribution in [0.2, 0.25) is 0 Å². The molecule has 0 atom stereocenters. The lowest BCUT2D eigenvalue weighted by molar-refractivity contribution is 0.531. The van der Waals surface area contributed by atoms with Crippen molar-refractivity contribution in [1.29, 1.82) is 0 Å². The summed E-state index contributed by atoms with van der Waals surface area (Å²) < 4.78 is 509. The quantitative estimate of drug-likeness (QED) is 0.0823. The minimum atomic E-state index is -4.45. The number of hydrogen-bond acceptors (Lipinski definition) is 4. The van der Waals surface area contributed by atoms with Gasteiger partial charge in [0.1, 0.15) is 5.82 Å². The van der Waals surface area contributed by atoms with Crippen molar-refractivity contribution in [3.63, 3.8) is 0 Å². The van der Waals surface area contributed by atoms with Crippen molar-refractivity contribution < 1.29 is 168 Å². The first-order valence-corrected chi connectivity index (χ1v) is 26.0. The molecular formula is C14H14B37F38N3O. The molecule has 0 aliphatic carbocycles. The smallest absolute Gasteiger partial charge is 0.350 e. The van der Waals surface area contributed by atoms with E-state index in [9.17, 15) is 164 Å². The number of rotatable bonds is 37. The predicted octanol–water partition coefficient (Wildman–Crippen LogP) is 4.02. The van der Waals surface area contributed by atoms with Gasteiger partial charge >= 0.3 is 253 Å². The van der Waals surface area contributed by atoms with Crippen LogP contribution < -0.4 is 5.32 Å². The van der Waals surface area contributed by atoms with Crippen molar-refractivity contribution in [2.24, 2.45) is 0 Å². The zero-order valence-corrected chi connectivity index (χ0v) is 46.0. The number of halogens is 38. The second-order valence-electron chi connectivity index (χ2n) is 19.7. The standard InChI is InChI=1S/C14H14FN3O.B19F19.B18F18/c1-9-17-18-14(19-9)11-2-3-12(13(15)8-11)10-4-6-16-7-5-10;20-1-3(22)5(24)7(26)9(28)11(30)13(32)15(34)17(36)19(38)18(37)16(35)14(33)12(31)10(29)8(27)6(25)4(23)2-21;19-1-3(21)5(23)7(25)9(27)11(29)13(31)15(33)17(35)18(36)16(34)14(32)12(30)10(28)8(26)6(24)4(22)2-20/h2-4,8,16H,5-7H2,1H3;;. The summed E-state index contributed by atoms with van der Waals surface area (Å²) in [5, 5.41) is 10.8. The normalized spacial score (nSPS) is 11.1. The fourth-order valence-electron chi connectivity index (χ4n) is 7.56. The molecule has 0 unspecified atom stereocenters. The van der Waals surface area contributed by atoms with E-state index in [0.29, 0.717) is 22.9 Å². The van der Waals surface area contributed by atoms with Crippen LogP contribution in [0.1, 0.15) is 17.9 Å². The van der Waals surface area contributed by atoms with Crippen molar-refractivity contribution in [3.8, 4) is 11.5 Å². The zero-order valence-electron chi connectivity index (χ0n) is 46.0. The molecule has 0 amide bonds. The van der Waals surface area contributed by atoms with Crippen LogP contribution in [0.25, 0.3) is 17.0 Å². The maximum absolute atomic E-state index is 14.2. The summed E-state index contributed by atoms with van der Waals surface area (Å²) in [6, 6.07) is 5.04. The highest BCUT2D eigenvalue weighted by Gasteiger charge is 2.71. The van der Waals surface area contributed by atoms with Crippen molar-refractivity contribution in [1.82, 2.24) is 15.5 Å². The highest BCUT2D eigenvalue weighted by Crippen LogP contribution is 2.28. The lowest BCUT2D eigenvalue weighted by Gasteiger charge is -2.17. The van der Waals surface area contributed by atoms with E-state index in [1.54, 1.807) is 13.0 Å². The second kappa shape index (κ2) is 42.0. The SMILES string of the molecule is Cc1nnc(-c2ccc(C3=CCNCC3)c(F)c2)o1.F[B]B(F)B(F)B(F)B(F)B(F)B(F)B(F)B(F)B(F)B(F)B(F)B(F)B(F)B(F)B(F)B(F)B(F)[B]F.F[B]B(F)B(F)B(F)B(F)B(F)B(F)B(F)B(F)B(F)B(F)B(F)B(F)B(F)B(F)B(F)B(F)[B]F. The first-order chi connectivity index (χ1) is 43.1. The van der Waals surface area contributed by atoms with E-state index < -0.39 is 253 Å². The minimum Gasteiger partial charge on any atom is -0.421 e. The number of benzene rings is 1. The number of nitrogens with one attached hydrogen (secondary N) is 1. The molecule has 2 aromatic rings. The van der Waals surface area contributed by atoms with Gasteiger partial charge in [0, 0.05) is 24.6 Å². The van der Waals surface area contributed by atoms with Gasteiger partial charge in [-0.3, -0.25) is 0 Å². The van der Waals surface area contributed by atoms with Crippen LogP contribution in [-0.4, -0.2) is 277 Å². The van der Waals surface area contributed by atoms with Crippen molar-refractivity contribution in [2.75, 3.05) is 13.1 Å². The van der Waals surface area contributed by atoms with Crippen molar-refractivity contribution >= 4 is 259 Å². The largest absolute Gasteiger partial charge is 0.421 e. The van der Waals surface area contributed by atoms with E-state index in [0.717, 1.165) is 25.1 Å². The first-order valence-electron chi connectivity index (χ1n) is 26.0. The fraction of sp³-hybridized carbons (Fsp3) is 0.286. The monoisotopic (exact) mass is 1370 g/mol. The number of aromatic nitrogens is 2. The average molecular weight is 1360 g/mol. The van der Waals surface area contributed by atoms with E-state index in [1.807, 2.05) is 12.1 Å². The third kappa shape index (κ3) is 24.6. The van der Waals surface area contributed by atoms with Crippen molar-refractivity contribution in [3.05, 3.63) is 41.5 Å². The van der Waals surface area contributed by atoms with E-state index in [1.165, 1.54) is 6.07 Å². The fourth-order valence-corrected chi connectivity index (χ4v) is 7.56. The van der Waals surface area contributed by atoms with E-state index in [-0.39, 0.29) is 5.82 Å². The summed E-state index contributed by atoms with van der Waals surface area (Å²) in [4.78, 5) is 0. The Balaban J connectivity index is 0.000000730. The van der Waals surface area contributed by atoms with Crippen LogP contribution in [0.4, 0.5) is 164 Å². The molecule has 3 rings (SSSR count). The molecule has 2 heterocycles. The Morgan fingerprint density at radius 1 is 0.344 bits per heavy atom. The molecule has 4 nitrogen and oxygen atoms in total. The van der Waals surface area contributed by atoms with Gasteiger partial charge in [-0.15, -0.1) is 10.2 Å². The Morgan fingerprint density at radius 2 is 0.570 bits per heavy atom. The van der Waals surface area contributed by atoms with Gasteiger partial charge in [-0.2, -0.15) is 0 Å². The van der Waals surface area contributed by atoms with Gasteiger partial charge in [0.2, 0.25) is 11.8 Å². The molecule has 1 aromatic heterocycles. The molecule has 0 saturated heterocycles.